The van der Waals surface area contributed by atoms with Gasteiger partial charge < -0.3 is 9.84 Å². The lowest BCUT2D eigenvalue weighted by Gasteiger charge is -2.10. The van der Waals surface area contributed by atoms with Crippen molar-refractivity contribution in [3.05, 3.63) is 145 Å². The maximum atomic E-state index is 12.3. The smallest absolute Gasteiger partial charge is 0.142 e. The van der Waals surface area contributed by atoms with Crippen LogP contribution in [-0.2, 0) is 0 Å². The lowest BCUT2D eigenvalue weighted by atomic mass is 10.1. The van der Waals surface area contributed by atoms with E-state index in [1.807, 2.05) is 72.8 Å². The number of fused-ring (bicyclic) bond motifs is 2. The molecule has 0 saturated carbocycles. The van der Waals surface area contributed by atoms with Gasteiger partial charge in [-0.2, -0.15) is 0 Å². The van der Waals surface area contributed by atoms with Crippen LogP contribution >= 0.6 is 63.7 Å². The molecule has 0 aliphatic heterocycles. The van der Waals surface area contributed by atoms with Crippen molar-refractivity contribution in [2.45, 2.75) is 7.43 Å². The quantitative estimate of drug-likeness (QED) is 0.189. The number of hydrogen-bond acceptors (Lipinski definition) is 2. The molecule has 6 rings (SSSR count). The van der Waals surface area contributed by atoms with Gasteiger partial charge in [0.05, 0.1) is 17.9 Å². The van der Waals surface area contributed by atoms with Gasteiger partial charge in [0.25, 0.3) is 0 Å². The van der Waals surface area contributed by atoms with E-state index in [9.17, 15) is 9.50 Å². The number of benzene rings is 6. The van der Waals surface area contributed by atoms with Crippen molar-refractivity contribution >= 4 is 85.3 Å². The monoisotopic (exact) mass is 788 g/mol. The molecule has 0 spiro atoms. The summed E-state index contributed by atoms with van der Waals surface area (Å²) in [6.45, 7) is 0. The molecule has 6 aromatic rings. The zero-order valence-corrected chi connectivity index (χ0v) is 26.6. The Morgan fingerprint density at radius 2 is 0.925 bits per heavy atom. The first kappa shape index (κ1) is 31.8. The summed E-state index contributed by atoms with van der Waals surface area (Å²) < 4.78 is 21.4. The van der Waals surface area contributed by atoms with E-state index >= 15 is 0 Å². The predicted octanol–water partition coefficient (Wildman–Crippen LogP) is 12.7. The fourth-order valence-electron chi connectivity index (χ4n) is 3.56. The number of phenolic OH excluding ortho intramolecular Hbond substituents is 1. The minimum absolute atomic E-state index is 0. The Hall–Kier alpha value is -2.71. The van der Waals surface area contributed by atoms with Crippen molar-refractivity contribution in [3.8, 4) is 17.2 Å². The third-order valence-electron chi connectivity index (χ3n) is 5.50. The molecule has 0 radical (unpaired) electrons. The van der Waals surface area contributed by atoms with Gasteiger partial charge in [0.15, 0.2) is 0 Å². The van der Waals surface area contributed by atoms with Crippen LogP contribution in [0.25, 0.3) is 21.5 Å². The normalized spacial score (nSPS) is 10.0. The highest BCUT2D eigenvalue weighted by atomic mass is 79.9. The minimum atomic E-state index is -0.215. The number of hydrogen-bond donors (Lipinski definition) is 1. The van der Waals surface area contributed by atoms with Gasteiger partial charge in [0.1, 0.15) is 23.1 Å². The maximum absolute atomic E-state index is 12.3. The first-order valence-corrected chi connectivity index (χ1v) is 14.9. The maximum Gasteiger partial charge on any atom is 0.142 e. The lowest BCUT2D eigenvalue weighted by molar-refractivity contribution is 0.473. The molecule has 0 fully saturated rings. The van der Waals surface area contributed by atoms with Crippen LogP contribution in [0.3, 0.4) is 0 Å². The molecule has 0 heterocycles. The van der Waals surface area contributed by atoms with Gasteiger partial charge in [-0.15, -0.1) is 0 Å². The zero-order valence-electron chi connectivity index (χ0n) is 20.3. The highest BCUT2D eigenvalue weighted by Crippen LogP contribution is 2.36. The van der Waals surface area contributed by atoms with Crippen LogP contribution in [0.1, 0.15) is 7.43 Å². The third kappa shape index (κ3) is 8.64. The van der Waals surface area contributed by atoms with Crippen LogP contribution in [-0.4, -0.2) is 5.11 Å². The van der Waals surface area contributed by atoms with Gasteiger partial charge in [-0.05, 0) is 134 Å². The number of phenols is 1. The van der Waals surface area contributed by atoms with Crippen LogP contribution in [0.15, 0.2) is 139 Å². The van der Waals surface area contributed by atoms with Crippen molar-refractivity contribution in [1.29, 1.82) is 0 Å². The van der Waals surface area contributed by atoms with Crippen LogP contribution in [0.2, 0.25) is 0 Å². The van der Waals surface area contributed by atoms with Crippen molar-refractivity contribution < 1.29 is 14.2 Å². The molecule has 0 saturated heterocycles. The average molecular weight is 792 g/mol. The third-order valence-corrected chi connectivity index (χ3v) is 8.05. The van der Waals surface area contributed by atoms with Gasteiger partial charge in [0, 0.05) is 0 Å². The molecule has 1 N–H and O–H groups in total. The minimum Gasteiger partial charge on any atom is -0.507 e. The van der Waals surface area contributed by atoms with Gasteiger partial charge in [-0.3, -0.25) is 0 Å². The largest absolute Gasteiger partial charge is 0.507 e. The van der Waals surface area contributed by atoms with E-state index in [1.54, 1.807) is 24.3 Å². The van der Waals surface area contributed by atoms with Gasteiger partial charge in [0.2, 0.25) is 0 Å². The number of halogens is 5. The molecular formula is C33H25Br4FO2. The van der Waals surface area contributed by atoms with Crippen molar-refractivity contribution in [2.24, 2.45) is 0 Å². The topological polar surface area (TPSA) is 29.5 Å². The molecule has 0 unspecified atom stereocenters. The molecule has 0 aromatic heterocycles. The first-order valence-electron chi connectivity index (χ1n) is 11.7. The van der Waals surface area contributed by atoms with Gasteiger partial charge in [-0.1, -0.05) is 80.2 Å². The van der Waals surface area contributed by atoms with Crippen LogP contribution in [0.4, 0.5) is 4.39 Å². The Morgan fingerprint density at radius 1 is 0.475 bits per heavy atom. The van der Waals surface area contributed by atoms with E-state index in [-0.39, 0.29) is 19.0 Å². The van der Waals surface area contributed by atoms with E-state index < -0.39 is 0 Å². The fraction of sp³-hybridized carbons (Fsp3) is 0.0303. The molecule has 0 bridgehead atoms. The summed E-state index contributed by atoms with van der Waals surface area (Å²) in [4.78, 5) is 0. The van der Waals surface area contributed by atoms with E-state index in [0.717, 1.165) is 41.1 Å². The molecule has 0 aliphatic rings. The second-order valence-electron chi connectivity index (χ2n) is 8.23. The standard InChI is InChI=1S/C16H10Br2O.C10H7BrO.C6H4BrF.CH4/c17-13-7-3-4-8-15(13)19-16-10-12-6-2-1-5-11(12)9-14(16)18;11-9-5-7-3-1-2-4-8(7)6-10(9)12;7-5-3-1-2-4-6(5)8;/h1-10H;1-6,12H;1-4H;1H4. The van der Waals surface area contributed by atoms with Gasteiger partial charge >= 0.3 is 0 Å². The molecule has 0 atom stereocenters. The lowest BCUT2D eigenvalue weighted by Crippen LogP contribution is -1.87. The number of ether oxygens (including phenoxy) is 1. The fourth-order valence-corrected chi connectivity index (χ4v) is 5.01. The molecule has 204 valence electrons. The van der Waals surface area contributed by atoms with E-state index in [2.05, 4.69) is 81.9 Å². The Balaban J connectivity index is 0.000000180. The van der Waals surface area contributed by atoms with E-state index in [4.69, 9.17) is 4.74 Å². The van der Waals surface area contributed by atoms with E-state index in [0.29, 0.717) is 4.47 Å². The highest BCUT2D eigenvalue weighted by molar-refractivity contribution is 9.11. The Kier molecular flexibility index (Phi) is 12.2. The second kappa shape index (κ2) is 15.3. The Morgan fingerprint density at radius 3 is 1.45 bits per heavy atom. The Bertz CT molecular complexity index is 1660. The first-order chi connectivity index (χ1) is 18.8. The number of para-hydroxylation sites is 1. The number of aromatic hydroxyl groups is 1. The SMILES string of the molecule is Brc1ccccc1Oc1cc2ccccc2cc1Br.C.Fc1ccccc1Br.Oc1cc2ccccc2cc1Br. The summed E-state index contributed by atoms with van der Waals surface area (Å²) in [5.74, 6) is 1.69. The van der Waals surface area contributed by atoms with Crippen LogP contribution in [0.5, 0.6) is 17.2 Å². The predicted molar refractivity (Wildman–Crippen MR) is 180 cm³/mol. The van der Waals surface area contributed by atoms with Crippen LogP contribution < -0.4 is 4.74 Å². The summed E-state index contributed by atoms with van der Waals surface area (Å²) in [5, 5.41) is 13.9. The molecule has 2 nitrogen and oxygen atoms in total. The molecule has 40 heavy (non-hydrogen) atoms. The zero-order chi connectivity index (χ0) is 27.8. The summed E-state index contributed by atoms with van der Waals surface area (Å²) in [7, 11) is 0. The molecule has 0 amide bonds. The highest BCUT2D eigenvalue weighted by Gasteiger charge is 2.07. The number of rotatable bonds is 2. The summed E-state index contributed by atoms with van der Waals surface area (Å²) >= 11 is 13.3. The Labute approximate surface area is 267 Å². The molecule has 6 aromatic carbocycles. The molecule has 0 aliphatic carbocycles. The summed E-state index contributed by atoms with van der Waals surface area (Å²) in [5.41, 5.74) is 0. The van der Waals surface area contributed by atoms with Crippen LogP contribution in [0, 0.1) is 5.82 Å². The van der Waals surface area contributed by atoms with Crippen molar-refractivity contribution in [1.82, 2.24) is 0 Å². The van der Waals surface area contributed by atoms with Gasteiger partial charge in [-0.25, -0.2) is 4.39 Å². The van der Waals surface area contributed by atoms with Crippen molar-refractivity contribution in [3.63, 3.8) is 0 Å². The second-order valence-corrected chi connectivity index (χ2v) is 11.6. The molecule has 7 heteroatoms. The summed E-state index contributed by atoms with van der Waals surface area (Å²) in [6, 6.07) is 38.2. The molecular weight excluding hydrogens is 767 g/mol. The van der Waals surface area contributed by atoms with E-state index in [1.165, 1.54) is 11.5 Å². The van der Waals surface area contributed by atoms with Crippen molar-refractivity contribution in [2.75, 3.05) is 0 Å². The summed E-state index contributed by atoms with van der Waals surface area (Å²) in [6.07, 6.45) is 0. The average Bonchev–Trinajstić information content (AvgIpc) is 2.93.